The standard InChI is InChI=1S/C14H20N2/c1-9(2)12-5-11(7-15)6-13(10(3)4)14(12)8-16/h5-6,9-10H,7,15H2,1-4H3. The van der Waals surface area contributed by atoms with E-state index < -0.39 is 0 Å². The third-order valence-corrected chi connectivity index (χ3v) is 2.85. The van der Waals surface area contributed by atoms with Gasteiger partial charge >= 0.3 is 0 Å². The monoisotopic (exact) mass is 216 g/mol. The second-order valence-corrected chi connectivity index (χ2v) is 4.77. The zero-order chi connectivity index (χ0) is 12.3. The third kappa shape index (κ3) is 2.43. The Labute approximate surface area is 98.1 Å². The number of hydrogen-bond acceptors (Lipinski definition) is 2. The lowest BCUT2D eigenvalue weighted by Gasteiger charge is -2.16. The van der Waals surface area contributed by atoms with Crippen LogP contribution < -0.4 is 5.73 Å². The molecule has 0 heterocycles. The van der Waals surface area contributed by atoms with Crippen LogP contribution in [-0.2, 0) is 6.54 Å². The second-order valence-electron chi connectivity index (χ2n) is 4.77. The number of nitriles is 1. The molecule has 16 heavy (non-hydrogen) atoms. The lowest BCUT2D eigenvalue weighted by atomic mass is 9.87. The maximum atomic E-state index is 9.28. The predicted octanol–water partition coefficient (Wildman–Crippen LogP) is 3.26. The van der Waals surface area contributed by atoms with Gasteiger partial charge in [0.05, 0.1) is 11.6 Å². The van der Waals surface area contributed by atoms with Crippen LogP contribution in [0.2, 0.25) is 0 Å². The van der Waals surface area contributed by atoms with Gasteiger partial charge in [-0.2, -0.15) is 5.26 Å². The number of benzene rings is 1. The molecular weight excluding hydrogens is 196 g/mol. The highest BCUT2D eigenvalue weighted by Crippen LogP contribution is 2.28. The van der Waals surface area contributed by atoms with Crippen molar-refractivity contribution in [2.24, 2.45) is 5.73 Å². The Hall–Kier alpha value is -1.33. The minimum Gasteiger partial charge on any atom is -0.326 e. The van der Waals surface area contributed by atoms with Crippen LogP contribution in [0, 0.1) is 11.3 Å². The van der Waals surface area contributed by atoms with Crippen molar-refractivity contribution in [1.29, 1.82) is 5.26 Å². The third-order valence-electron chi connectivity index (χ3n) is 2.85. The fourth-order valence-corrected chi connectivity index (χ4v) is 1.91. The molecule has 1 rings (SSSR count). The molecule has 2 nitrogen and oxygen atoms in total. The van der Waals surface area contributed by atoms with E-state index in [9.17, 15) is 5.26 Å². The molecule has 2 N–H and O–H groups in total. The van der Waals surface area contributed by atoms with Crippen LogP contribution in [-0.4, -0.2) is 0 Å². The first-order chi connectivity index (χ1) is 7.51. The van der Waals surface area contributed by atoms with Gasteiger partial charge in [-0.05, 0) is 28.5 Å². The average Bonchev–Trinajstić information content (AvgIpc) is 2.26. The van der Waals surface area contributed by atoms with Gasteiger partial charge in [0.1, 0.15) is 0 Å². The molecule has 86 valence electrons. The SMILES string of the molecule is CC(C)c1cc(CN)cc(C(C)C)c1C#N. The first-order valence-electron chi connectivity index (χ1n) is 5.78. The van der Waals surface area contributed by atoms with Gasteiger partial charge < -0.3 is 5.73 Å². The lowest BCUT2D eigenvalue weighted by molar-refractivity contribution is 0.819. The van der Waals surface area contributed by atoms with Gasteiger partial charge in [-0.3, -0.25) is 0 Å². The molecule has 0 fully saturated rings. The van der Waals surface area contributed by atoms with E-state index in [-0.39, 0.29) is 0 Å². The molecule has 1 aromatic rings. The molecule has 0 unspecified atom stereocenters. The summed E-state index contributed by atoms with van der Waals surface area (Å²) < 4.78 is 0. The van der Waals surface area contributed by atoms with Crippen molar-refractivity contribution >= 4 is 0 Å². The molecule has 0 amide bonds. The van der Waals surface area contributed by atoms with E-state index in [4.69, 9.17) is 5.73 Å². The maximum absolute atomic E-state index is 9.28. The molecule has 0 bridgehead atoms. The van der Waals surface area contributed by atoms with Crippen LogP contribution in [0.25, 0.3) is 0 Å². The highest BCUT2D eigenvalue weighted by molar-refractivity contribution is 5.49. The fraction of sp³-hybridized carbons (Fsp3) is 0.500. The van der Waals surface area contributed by atoms with Crippen LogP contribution in [0.5, 0.6) is 0 Å². The van der Waals surface area contributed by atoms with Crippen molar-refractivity contribution in [3.8, 4) is 6.07 Å². The van der Waals surface area contributed by atoms with Gasteiger partial charge in [0.15, 0.2) is 0 Å². The van der Waals surface area contributed by atoms with Gasteiger partial charge in [0, 0.05) is 6.54 Å². The minimum absolute atomic E-state index is 0.360. The second kappa shape index (κ2) is 5.14. The Kier molecular flexibility index (Phi) is 4.09. The lowest BCUT2D eigenvalue weighted by Crippen LogP contribution is -2.05. The Balaban J connectivity index is 3.48. The molecule has 1 aromatic carbocycles. The van der Waals surface area contributed by atoms with E-state index in [0.29, 0.717) is 18.4 Å². The van der Waals surface area contributed by atoms with E-state index in [1.54, 1.807) is 0 Å². The van der Waals surface area contributed by atoms with Gasteiger partial charge in [-0.25, -0.2) is 0 Å². The summed E-state index contributed by atoms with van der Waals surface area (Å²) in [6.07, 6.45) is 0. The molecule has 0 saturated heterocycles. The number of hydrogen-bond donors (Lipinski definition) is 1. The van der Waals surface area contributed by atoms with Crippen molar-refractivity contribution in [2.75, 3.05) is 0 Å². The van der Waals surface area contributed by atoms with E-state index in [1.807, 2.05) is 0 Å². The quantitative estimate of drug-likeness (QED) is 0.843. The summed E-state index contributed by atoms with van der Waals surface area (Å²) in [6, 6.07) is 6.47. The fourth-order valence-electron chi connectivity index (χ4n) is 1.91. The molecule has 0 spiro atoms. The van der Waals surface area contributed by atoms with Crippen LogP contribution in [0.4, 0.5) is 0 Å². The highest BCUT2D eigenvalue weighted by atomic mass is 14.5. The van der Waals surface area contributed by atoms with Crippen molar-refractivity contribution in [2.45, 2.75) is 46.1 Å². The summed E-state index contributed by atoms with van der Waals surface area (Å²) in [5.74, 6) is 0.720. The van der Waals surface area contributed by atoms with E-state index in [0.717, 1.165) is 22.3 Å². The van der Waals surface area contributed by atoms with Gasteiger partial charge in [0.2, 0.25) is 0 Å². The number of rotatable bonds is 3. The summed E-state index contributed by atoms with van der Waals surface area (Å²) in [5.41, 5.74) is 9.89. The predicted molar refractivity (Wildman–Crippen MR) is 67.2 cm³/mol. The maximum Gasteiger partial charge on any atom is 0.0997 e. The van der Waals surface area contributed by atoms with E-state index in [1.165, 1.54) is 0 Å². The van der Waals surface area contributed by atoms with Gasteiger partial charge in [-0.15, -0.1) is 0 Å². The highest BCUT2D eigenvalue weighted by Gasteiger charge is 2.14. The summed E-state index contributed by atoms with van der Waals surface area (Å²) in [5, 5.41) is 9.28. The zero-order valence-corrected chi connectivity index (χ0v) is 10.5. The molecule has 0 aliphatic rings. The summed E-state index contributed by atoms with van der Waals surface area (Å²) in [4.78, 5) is 0. The summed E-state index contributed by atoms with van der Waals surface area (Å²) in [6.45, 7) is 8.98. The molecular formula is C14H20N2. The van der Waals surface area contributed by atoms with Crippen LogP contribution in [0.3, 0.4) is 0 Å². The van der Waals surface area contributed by atoms with E-state index in [2.05, 4.69) is 45.9 Å². The molecule has 0 atom stereocenters. The van der Waals surface area contributed by atoms with Crippen molar-refractivity contribution in [1.82, 2.24) is 0 Å². The van der Waals surface area contributed by atoms with Crippen LogP contribution >= 0.6 is 0 Å². The first-order valence-corrected chi connectivity index (χ1v) is 5.78. The Bertz CT molecular complexity index is 382. The summed E-state index contributed by atoms with van der Waals surface area (Å²) in [7, 11) is 0. The minimum atomic E-state index is 0.360. The first kappa shape index (κ1) is 12.7. The van der Waals surface area contributed by atoms with Crippen LogP contribution in [0.1, 0.15) is 61.8 Å². The van der Waals surface area contributed by atoms with Crippen molar-refractivity contribution < 1.29 is 0 Å². The van der Waals surface area contributed by atoms with E-state index >= 15 is 0 Å². The zero-order valence-electron chi connectivity index (χ0n) is 10.5. The Morgan fingerprint density at radius 1 is 1.12 bits per heavy atom. The number of nitrogens with zero attached hydrogens (tertiary/aromatic N) is 1. The van der Waals surface area contributed by atoms with Gasteiger partial charge in [-0.1, -0.05) is 39.8 Å². The molecule has 0 aliphatic carbocycles. The normalized spacial score (nSPS) is 10.9. The van der Waals surface area contributed by atoms with Crippen LogP contribution in [0.15, 0.2) is 12.1 Å². The molecule has 0 aliphatic heterocycles. The topological polar surface area (TPSA) is 49.8 Å². The molecule has 0 aromatic heterocycles. The van der Waals surface area contributed by atoms with Gasteiger partial charge in [0.25, 0.3) is 0 Å². The number of nitrogens with two attached hydrogens (primary N) is 1. The molecule has 2 heteroatoms. The smallest absolute Gasteiger partial charge is 0.0997 e. The Morgan fingerprint density at radius 3 is 1.81 bits per heavy atom. The molecule has 0 saturated carbocycles. The molecule has 0 radical (unpaired) electrons. The Morgan fingerprint density at radius 2 is 1.56 bits per heavy atom. The average molecular weight is 216 g/mol. The largest absolute Gasteiger partial charge is 0.326 e. The summed E-state index contributed by atoms with van der Waals surface area (Å²) >= 11 is 0. The van der Waals surface area contributed by atoms with Crippen molar-refractivity contribution in [3.05, 3.63) is 34.4 Å². The van der Waals surface area contributed by atoms with Crippen molar-refractivity contribution in [3.63, 3.8) is 0 Å².